The van der Waals surface area contributed by atoms with Crippen molar-refractivity contribution in [1.82, 2.24) is 14.9 Å². The fourth-order valence-electron chi connectivity index (χ4n) is 1.94. The molecule has 0 saturated carbocycles. The fraction of sp³-hybridized carbons (Fsp3) is 0.438. The second kappa shape index (κ2) is 7.13. The summed E-state index contributed by atoms with van der Waals surface area (Å²) < 4.78 is 13.2. The van der Waals surface area contributed by atoms with Crippen molar-refractivity contribution in [1.29, 1.82) is 0 Å². The molecule has 0 spiro atoms. The molecule has 0 atom stereocenters. The number of hydrogen-bond donors (Lipinski definition) is 1. The van der Waals surface area contributed by atoms with E-state index in [4.69, 9.17) is 9.47 Å². The van der Waals surface area contributed by atoms with Crippen molar-refractivity contribution in [2.75, 3.05) is 7.11 Å². The lowest BCUT2D eigenvalue weighted by atomic mass is 10.2. The first-order valence-corrected chi connectivity index (χ1v) is 7.08. The van der Waals surface area contributed by atoms with Crippen molar-refractivity contribution in [2.24, 2.45) is 7.05 Å². The van der Waals surface area contributed by atoms with Gasteiger partial charge in [-0.3, -0.25) is 0 Å². The quantitative estimate of drug-likeness (QED) is 0.851. The Balaban J connectivity index is 2.04. The molecule has 2 aromatic rings. The van der Waals surface area contributed by atoms with Gasteiger partial charge in [0.2, 0.25) is 0 Å². The zero-order valence-electron chi connectivity index (χ0n) is 13.1. The van der Waals surface area contributed by atoms with Crippen molar-refractivity contribution in [3.05, 3.63) is 42.0 Å². The van der Waals surface area contributed by atoms with Crippen molar-refractivity contribution in [3.63, 3.8) is 0 Å². The molecule has 21 heavy (non-hydrogen) atoms. The molecule has 0 radical (unpaired) electrons. The van der Waals surface area contributed by atoms with Gasteiger partial charge in [0.1, 0.15) is 6.61 Å². The van der Waals surface area contributed by atoms with Gasteiger partial charge in [0.15, 0.2) is 11.5 Å². The lowest BCUT2D eigenvalue weighted by Gasteiger charge is -2.13. The first kappa shape index (κ1) is 15.4. The van der Waals surface area contributed by atoms with E-state index in [1.165, 1.54) is 5.56 Å². The summed E-state index contributed by atoms with van der Waals surface area (Å²) in [6, 6.07) is 6.47. The van der Waals surface area contributed by atoms with Gasteiger partial charge in [-0.05, 0) is 17.7 Å². The monoisotopic (exact) mass is 289 g/mol. The Hall–Kier alpha value is -2.01. The van der Waals surface area contributed by atoms with Crippen LogP contribution >= 0.6 is 0 Å². The predicted octanol–water partition coefficient (Wildman–Crippen LogP) is 2.51. The zero-order chi connectivity index (χ0) is 15.2. The average molecular weight is 289 g/mol. The summed E-state index contributed by atoms with van der Waals surface area (Å²) >= 11 is 0. The smallest absolute Gasteiger partial charge is 0.161 e. The maximum atomic E-state index is 5.83. The Morgan fingerprint density at radius 2 is 2.10 bits per heavy atom. The summed E-state index contributed by atoms with van der Waals surface area (Å²) in [5.74, 6) is 1.49. The maximum absolute atomic E-state index is 5.83. The second-order valence-electron chi connectivity index (χ2n) is 5.31. The molecule has 5 heteroatoms. The Bertz CT molecular complexity index is 579. The van der Waals surface area contributed by atoms with Crippen molar-refractivity contribution >= 4 is 0 Å². The third-order valence-corrected chi connectivity index (χ3v) is 3.23. The standard InChI is InChI=1S/C16H23N3O2/c1-12(2)18-8-13-5-6-15(16(7-13)20-4)21-10-14-9-17-11-19(14)3/h5-7,9,11-12,18H,8,10H2,1-4H3. The van der Waals surface area contributed by atoms with E-state index in [-0.39, 0.29) is 0 Å². The largest absolute Gasteiger partial charge is 0.493 e. The molecule has 0 aliphatic heterocycles. The topological polar surface area (TPSA) is 48.3 Å². The summed E-state index contributed by atoms with van der Waals surface area (Å²) in [7, 11) is 3.61. The SMILES string of the molecule is COc1cc(CNC(C)C)ccc1OCc1cncn1C. The Morgan fingerprint density at radius 1 is 1.29 bits per heavy atom. The molecular weight excluding hydrogens is 266 g/mol. The number of methoxy groups -OCH3 is 1. The van der Waals surface area contributed by atoms with Crippen molar-refractivity contribution < 1.29 is 9.47 Å². The fourth-order valence-corrected chi connectivity index (χ4v) is 1.94. The molecule has 0 saturated heterocycles. The highest BCUT2D eigenvalue weighted by Crippen LogP contribution is 2.28. The average Bonchev–Trinajstić information content (AvgIpc) is 2.88. The summed E-state index contributed by atoms with van der Waals surface area (Å²) in [5.41, 5.74) is 2.19. The van der Waals surface area contributed by atoms with Gasteiger partial charge in [-0.25, -0.2) is 4.98 Å². The first-order chi connectivity index (χ1) is 10.1. The minimum absolute atomic E-state index is 0.455. The van der Waals surface area contributed by atoms with Crippen LogP contribution in [0.4, 0.5) is 0 Å². The second-order valence-corrected chi connectivity index (χ2v) is 5.31. The van der Waals surface area contributed by atoms with Gasteiger partial charge < -0.3 is 19.4 Å². The van der Waals surface area contributed by atoms with E-state index < -0.39 is 0 Å². The van der Waals surface area contributed by atoms with Gasteiger partial charge >= 0.3 is 0 Å². The van der Waals surface area contributed by atoms with Gasteiger partial charge in [0, 0.05) is 19.6 Å². The van der Waals surface area contributed by atoms with Crippen molar-refractivity contribution in [2.45, 2.75) is 33.0 Å². The van der Waals surface area contributed by atoms with Crippen LogP contribution in [0.3, 0.4) is 0 Å². The molecule has 2 rings (SSSR count). The summed E-state index contributed by atoms with van der Waals surface area (Å²) in [4.78, 5) is 4.07. The van der Waals surface area contributed by atoms with Crippen LogP contribution in [0.25, 0.3) is 0 Å². The molecular formula is C16H23N3O2. The highest BCUT2D eigenvalue weighted by molar-refractivity contribution is 5.43. The summed E-state index contributed by atoms with van der Waals surface area (Å²) in [5, 5.41) is 3.39. The minimum Gasteiger partial charge on any atom is -0.493 e. The molecule has 0 aliphatic carbocycles. The number of rotatable bonds is 7. The molecule has 1 aromatic heterocycles. The predicted molar refractivity (Wildman–Crippen MR) is 82.5 cm³/mol. The summed E-state index contributed by atoms with van der Waals surface area (Å²) in [6.07, 6.45) is 3.56. The van der Waals surface area contributed by atoms with Crippen LogP contribution in [-0.2, 0) is 20.2 Å². The molecule has 114 valence electrons. The molecule has 1 heterocycles. The number of nitrogens with one attached hydrogen (secondary N) is 1. The molecule has 0 unspecified atom stereocenters. The van der Waals surface area contributed by atoms with Crippen LogP contribution in [0.1, 0.15) is 25.1 Å². The number of benzene rings is 1. The lowest BCUT2D eigenvalue weighted by molar-refractivity contribution is 0.277. The lowest BCUT2D eigenvalue weighted by Crippen LogP contribution is -2.21. The van der Waals surface area contributed by atoms with E-state index in [9.17, 15) is 0 Å². The first-order valence-electron chi connectivity index (χ1n) is 7.08. The third kappa shape index (κ3) is 4.23. The van der Waals surface area contributed by atoms with Crippen LogP contribution in [-0.4, -0.2) is 22.7 Å². The van der Waals surface area contributed by atoms with Crippen LogP contribution in [0.15, 0.2) is 30.7 Å². The van der Waals surface area contributed by atoms with Gasteiger partial charge in [-0.15, -0.1) is 0 Å². The third-order valence-electron chi connectivity index (χ3n) is 3.23. The molecule has 0 aliphatic rings. The maximum Gasteiger partial charge on any atom is 0.161 e. The van der Waals surface area contributed by atoms with Crippen molar-refractivity contribution in [3.8, 4) is 11.5 Å². The van der Waals surface area contributed by atoms with E-state index in [1.807, 2.05) is 23.7 Å². The number of ether oxygens (including phenoxy) is 2. The van der Waals surface area contributed by atoms with E-state index in [0.717, 1.165) is 23.7 Å². The number of nitrogens with zero attached hydrogens (tertiary/aromatic N) is 2. The highest BCUT2D eigenvalue weighted by atomic mass is 16.5. The van der Waals surface area contributed by atoms with Crippen LogP contribution in [0.2, 0.25) is 0 Å². The van der Waals surface area contributed by atoms with Crippen LogP contribution < -0.4 is 14.8 Å². The van der Waals surface area contributed by atoms with Crippen LogP contribution in [0, 0.1) is 0 Å². The van der Waals surface area contributed by atoms with E-state index in [0.29, 0.717) is 12.6 Å². The van der Waals surface area contributed by atoms with Gasteiger partial charge in [-0.1, -0.05) is 19.9 Å². The number of hydrogen-bond acceptors (Lipinski definition) is 4. The van der Waals surface area contributed by atoms with E-state index in [2.05, 4.69) is 30.2 Å². The zero-order valence-corrected chi connectivity index (χ0v) is 13.1. The molecule has 0 fully saturated rings. The Kier molecular flexibility index (Phi) is 5.22. The van der Waals surface area contributed by atoms with Gasteiger partial charge in [0.05, 0.1) is 25.3 Å². The van der Waals surface area contributed by atoms with Gasteiger partial charge in [0.25, 0.3) is 0 Å². The highest BCUT2D eigenvalue weighted by Gasteiger charge is 2.08. The Labute approximate surface area is 125 Å². The van der Waals surface area contributed by atoms with Gasteiger partial charge in [-0.2, -0.15) is 0 Å². The van der Waals surface area contributed by atoms with E-state index in [1.54, 1.807) is 19.6 Å². The van der Waals surface area contributed by atoms with E-state index >= 15 is 0 Å². The molecule has 5 nitrogen and oxygen atoms in total. The molecule has 1 N–H and O–H groups in total. The number of imidazole rings is 1. The normalized spacial score (nSPS) is 10.9. The number of aromatic nitrogens is 2. The number of aryl methyl sites for hydroxylation is 1. The summed E-state index contributed by atoms with van der Waals surface area (Å²) in [6.45, 7) is 5.54. The minimum atomic E-state index is 0.455. The molecule has 1 aromatic carbocycles. The van der Waals surface area contributed by atoms with Crippen LogP contribution in [0.5, 0.6) is 11.5 Å². The Morgan fingerprint density at radius 3 is 2.71 bits per heavy atom. The molecule has 0 amide bonds. The molecule has 0 bridgehead atoms.